The summed E-state index contributed by atoms with van der Waals surface area (Å²) < 4.78 is 0. The van der Waals surface area contributed by atoms with E-state index in [0.29, 0.717) is 6.04 Å². The Morgan fingerprint density at radius 3 is 2.94 bits per heavy atom. The van der Waals surface area contributed by atoms with Crippen molar-refractivity contribution < 1.29 is 4.79 Å². The molecule has 1 aliphatic carbocycles. The number of thiazole rings is 1. The highest BCUT2D eigenvalue weighted by molar-refractivity contribution is 7.09. The van der Waals surface area contributed by atoms with Crippen LogP contribution in [-0.2, 0) is 0 Å². The van der Waals surface area contributed by atoms with Crippen molar-refractivity contribution in [3.05, 3.63) is 16.6 Å². The number of aromatic nitrogens is 1. The molecule has 0 saturated heterocycles. The third-order valence-corrected chi connectivity index (χ3v) is 3.82. The van der Waals surface area contributed by atoms with Gasteiger partial charge in [0.15, 0.2) is 0 Å². The van der Waals surface area contributed by atoms with Crippen LogP contribution >= 0.6 is 11.3 Å². The molecule has 2 rings (SSSR count). The fraction of sp³-hybridized carbons (Fsp3) is 0.636. The molecular weight excluding hydrogens is 222 g/mol. The molecule has 1 unspecified atom stereocenters. The molecule has 1 atom stereocenters. The maximum atomic E-state index is 11.7. The fourth-order valence-corrected chi connectivity index (χ4v) is 2.65. The normalized spacial score (nSPS) is 18.3. The van der Waals surface area contributed by atoms with Crippen molar-refractivity contribution in [2.75, 3.05) is 0 Å². The van der Waals surface area contributed by atoms with Gasteiger partial charge in [0.25, 0.3) is 0 Å². The minimum absolute atomic E-state index is 0.0126. The topological polar surface area (TPSA) is 54.0 Å². The zero-order valence-electron chi connectivity index (χ0n) is 9.40. The number of carbonyl (C=O) groups is 1. The number of carbonyl (C=O) groups excluding carboxylic acids is 1. The van der Waals surface area contributed by atoms with Crippen molar-refractivity contribution in [1.82, 2.24) is 15.6 Å². The second kappa shape index (κ2) is 5.30. The first-order valence-corrected chi connectivity index (χ1v) is 6.60. The van der Waals surface area contributed by atoms with Crippen LogP contribution in [0.25, 0.3) is 0 Å². The molecule has 1 fully saturated rings. The molecule has 1 heterocycles. The zero-order chi connectivity index (χ0) is 11.4. The first-order valence-electron chi connectivity index (χ1n) is 5.72. The first kappa shape index (κ1) is 11.4. The van der Waals surface area contributed by atoms with Gasteiger partial charge in [-0.1, -0.05) is 12.8 Å². The molecular formula is C11H17N3OS. The predicted octanol–water partition coefficient (Wildman–Crippen LogP) is 2.45. The highest BCUT2D eigenvalue weighted by atomic mass is 32.1. The lowest BCUT2D eigenvalue weighted by Gasteiger charge is -2.16. The first-order chi connectivity index (χ1) is 7.75. The van der Waals surface area contributed by atoms with Gasteiger partial charge in [0, 0.05) is 17.6 Å². The minimum Gasteiger partial charge on any atom is -0.335 e. The Kier molecular flexibility index (Phi) is 3.77. The Morgan fingerprint density at radius 2 is 2.31 bits per heavy atom. The predicted molar refractivity (Wildman–Crippen MR) is 64.5 cm³/mol. The lowest BCUT2D eigenvalue weighted by atomic mass is 10.2. The quantitative estimate of drug-likeness (QED) is 0.851. The van der Waals surface area contributed by atoms with Gasteiger partial charge < -0.3 is 10.6 Å². The van der Waals surface area contributed by atoms with Crippen LogP contribution in [-0.4, -0.2) is 17.1 Å². The van der Waals surface area contributed by atoms with E-state index in [0.717, 1.165) is 17.8 Å². The van der Waals surface area contributed by atoms with Gasteiger partial charge in [-0.25, -0.2) is 9.78 Å². The smallest absolute Gasteiger partial charge is 0.315 e. The van der Waals surface area contributed by atoms with E-state index in [1.807, 2.05) is 12.3 Å². The molecule has 0 radical (unpaired) electrons. The Hall–Kier alpha value is -1.10. The standard InChI is InChI=1S/C11H17N3OS/c1-8(10-12-6-7-16-10)13-11(15)14-9-4-2-3-5-9/h6-9H,2-5H2,1H3,(H2,13,14,15). The van der Waals surface area contributed by atoms with Gasteiger partial charge in [-0.3, -0.25) is 0 Å². The van der Waals surface area contributed by atoms with Gasteiger partial charge in [0.2, 0.25) is 0 Å². The van der Waals surface area contributed by atoms with E-state index in [1.165, 1.54) is 12.8 Å². The summed E-state index contributed by atoms with van der Waals surface area (Å²) in [6, 6.07) is 0.277. The van der Waals surface area contributed by atoms with Gasteiger partial charge in [-0.2, -0.15) is 0 Å². The Bertz CT molecular complexity index is 333. The fourth-order valence-electron chi connectivity index (χ4n) is 2.00. The summed E-state index contributed by atoms with van der Waals surface area (Å²) in [6.07, 6.45) is 6.44. The van der Waals surface area contributed by atoms with Crippen LogP contribution in [0.15, 0.2) is 11.6 Å². The zero-order valence-corrected chi connectivity index (χ0v) is 10.2. The van der Waals surface area contributed by atoms with Crippen LogP contribution in [0.4, 0.5) is 4.79 Å². The van der Waals surface area contributed by atoms with Gasteiger partial charge in [-0.15, -0.1) is 11.3 Å². The summed E-state index contributed by atoms with van der Waals surface area (Å²) in [5, 5.41) is 8.77. The number of hydrogen-bond acceptors (Lipinski definition) is 3. The maximum absolute atomic E-state index is 11.7. The van der Waals surface area contributed by atoms with Crippen LogP contribution in [0.1, 0.15) is 43.7 Å². The van der Waals surface area contributed by atoms with Crippen LogP contribution in [0, 0.1) is 0 Å². The van der Waals surface area contributed by atoms with Gasteiger partial charge in [0.1, 0.15) is 5.01 Å². The molecule has 2 amide bonds. The summed E-state index contributed by atoms with van der Waals surface area (Å²) >= 11 is 1.56. The molecule has 5 heteroatoms. The number of hydrogen-bond donors (Lipinski definition) is 2. The maximum Gasteiger partial charge on any atom is 0.315 e. The largest absolute Gasteiger partial charge is 0.335 e. The summed E-state index contributed by atoms with van der Waals surface area (Å²) in [7, 11) is 0. The molecule has 1 aromatic rings. The highest BCUT2D eigenvalue weighted by Gasteiger charge is 2.18. The molecule has 0 spiro atoms. The molecule has 0 aliphatic heterocycles. The molecule has 0 bridgehead atoms. The van der Waals surface area contributed by atoms with Gasteiger partial charge in [0.05, 0.1) is 6.04 Å². The summed E-state index contributed by atoms with van der Waals surface area (Å²) in [5.41, 5.74) is 0. The van der Waals surface area contributed by atoms with Crippen molar-refractivity contribution in [2.24, 2.45) is 0 Å². The van der Waals surface area contributed by atoms with E-state index in [4.69, 9.17) is 0 Å². The monoisotopic (exact) mass is 239 g/mol. The van der Waals surface area contributed by atoms with E-state index in [9.17, 15) is 4.79 Å². The summed E-state index contributed by atoms with van der Waals surface area (Å²) in [6.45, 7) is 1.95. The molecule has 16 heavy (non-hydrogen) atoms. The van der Waals surface area contributed by atoms with Crippen molar-refractivity contribution in [2.45, 2.75) is 44.7 Å². The second-order valence-electron chi connectivity index (χ2n) is 4.19. The van der Waals surface area contributed by atoms with E-state index in [-0.39, 0.29) is 12.1 Å². The molecule has 1 aromatic heterocycles. The van der Waals surface area contributed by atoms with E-state index in [1.54, 1.807) is 17.5 Å². The molecule has 88 valence electrons. The molecule has 4 nitrogen and oxygen atoms in total. The van der Waals surface area contributed by atoms with Crippen LogP contribution in [0.2, 0.25) is 0 Å². The van der Waals surface area contributed by atoms with Gasteiger partial charge in [-0.05, 0) is 19.8 Å². The number of nitrogens with one attached hydrogen (secondary N) is 2. The molecule has 2 N–H and O–H groups in total. The van der Waals surface area contributed by atoms with E-state index < -0.39 is 0 Å². The second-order valence-corrected chi connectivity index (χ2v) is 5.12. The highest BCUT2D eigenvalue weighted by Crippen LogP contribution is 2.18. The van der Waals surface area contributed by atoms with Gasteiger partial charge >= 0.3 is 6.03 Å². The molecule has 0 aromatic carbocycles. The van der Waals surface area contributed by atoms with Crippen LogP contribution in [0.5, 0.6) is 0 Å². The molecule has 1 aliphatic rings. The summed E-state index contributed by atoms with van der Waals surface area (Å²) in [5.74, 6) is 0. The SMILES string of the molecule is CC(NC(=O)NC1CCCC1)c1nccs1. The molecule has 1 saturated carbocycles. The number of nitrogens with zero attached hydrogens (tertiary/aromatic N) is 1. The third kappa shape index (κ3) is 2.95. The third-order valence-electron chi connectivity index (χ3n) is 2.86. The Morgan fingerprint density at radius 1 is 1.56 bits per heavy atom. The Labute approximate surface area is 99.5 Å². The van der Waals surface area contributed by atoms with E-state index >= 15 is 0 Å². The van der Waals surface area contributed by atoms with Crippen LogP contribution in [0.3, 0.4) is 0 Å². The average molecular weight is 239 g/mol. The van der Waals surface area contributed by atoms with Crippen molar-refractivity contribution in [3.8, 4) is 0 Å². The van der Waals surface area contributed by atoms with Crippen LogP contribution < -0.4 is 10.6 Å². The average Bonchev–Trinajstić information content (AvgIpc) is 2.88. The minimum atomic E-state index is -0.0744. The van der Waals surface area contributed by atoms with Crippen molar-refractivity contribution >= 4 is 17.4 Å². The van der Waals surface area contributed by atoms with Crippen molar-refractivity contribution in [3.63, 3.8) is 0 Å². The lowest BCUT2D eigenvalue weighted by Crippen LogP contribution is -2.41. The number of amides is 2. The lowest BCUT2D eigenvalue weighted by molar-refractivity contribution is 0.234. The van der Waals surface area contributed by atoms with Crippen molar-refractivity contribution in [1.29, 1.82) is 0 Å². The summed E-state index contributed by atoms with van der Waals surface area (Å²) in [4.78, 5) is 15.8. The Balaban J connectivity index is 1.78. The number of urea groups is 1. The number of rotatable bonds is 3. The van der Waals surface area contributed by atoms with E-state index in [2.05, 4.69) is 15.6 Å².